The monoisotopic (exact) mass is 400 g/mol. The average molecular weight is 400 g/mol. The fourth-order valence-electron chi connectivity index (χ4n) is 3.14. The van der Waals surface area contributed by atoms with Gasteiger partial charge in [0.2, 0.25) is 0 Å². The maximum absolute atomic E-state index is 14.9. The summed E-state index contributed by atoms with van der Waals surface area (Å²) in [5.74, 6) is -0.458. The van der Waals surface area contributed by atoms with Gasteiger partial charge in [-0.1, -0.05) is 12.1 Å². The molecule has 0 unspecified atom stereocenters. The normalized spacial score (nSPS) is 14.4. The van der Waals surface area contributed by atoms with Crippen LogP contribution in [-0.4, -0.2) is 72.0 Å². The maximum atomic E-state index is 14.9. The van der Waals surface area contributed by atoms with E-state index in [0.29, 0.717) is 44.0 Å². The third kappa shape index (κ3) is 5.41. The Bertz CT molecular complexity index is 853. The minimum Gasteiger partial charge on any atom is -0.331 e. The van der Waals surface area contributed by atoms with Gasteiger partial charge in [-0.3, -0.25) is 9.88 Å². The molecular formula is C20H25FN6O2. The van der Waals surface area contributed by atoms with Crippen molar-refractivity contribution in [3.63, 3.8) is 0 Å². The third-order valence-electron chi connectivity index (χ3n) is 4.67. The predicted octanol–water partition coefficient (Wildman–Crippen LogP) is 2.66. The number of pyridine rings is 1. The number of halogens is 1. The number of rotatable bonds is 4. The highest BCUT2D eigenvalue weighted by molar-refractivity contribution is 5.99. The van der Waals surface area contributed by atoms with Gasteiger partial charge in [-0.05, 0) is 18.2 Å². The first kappa shape index (κ1) is 20.5. The largest absolute Gasteiger partial charge is 0.331 e. The van der Waals surface area contributed by atoms with E-state index in [-0.39, 0.29) is 11.7 Å². The molecule has 0 radical (unpaired) electrons. The van der Waals surface area contributed by atoms with Crippen LogP contribution in [0.5, 0.6) is 0 Å². The molecule has 0 bridgehead atoms. The van der Waals surface area contributed by atoms with Gasteiger partial charge in [-0.2, -0.15) is 0 Å². The molecule has 3 rings (SSSR count). The number of benzene rings is 1. The number of urea groups is 2. The molecule has 2 aromatic rings. The Morgan fingerprint density at radius 1 is 1.10 bits per heavy atom. The number of anilines is 2. The van der Waals surface area contributed by atoms with Crippen LogP contribution in [0.25, 0.3) is 0 Å². The Kier molecular flexibility index (Phi) is 6.61. The highest BCUT2D eigenvalue weighted by atomic mass is 19.1. The standard InChI is InChI=1S/C20H25FN6O2/c1-25(2)20(29)27-11-9-26(10-12-27)14-15-5-3-7-17(18(15)21)24-19(28)23-16-6-4-8-22-13-16/h3-8,13H,9-12,14H2,1-2H3,(H2,23,24,28). The van der Waals surface area contributed by atoms with Gasteiger partial charge >= 0.3 is 12.1 Å². The lowest BCUT2D eigenvalue weighted by atomic mass is 10.1. The number of hydrogen-bond acceptors (Lipinski definition) is 4. The number of piperazine rings is 1. The molecular weight excluding hydrogens is 375 g/mol. The fourth-order valence-corrected chi connectivity index (χ4v) is 3.14. The highest BCUT2D eigenvalue weighted by Gasteiger charge is 2.23. The zero-order chi connectivity index (χ0) is 20.8. The van der Waals surface area contributed by atoms with Crippen LogP contribution in [0.2, 0.25) is 0 Å². The van der Waals surface area contributed by atoms with Crippen molar-refractivity contribution in [2.45, 2.75) is 6.54 Å². The molecule has 1 fully saturated rings. The maximum Gasteiger partial charge on any atom is 0.323 e. The molecule has 1 aromatic carbocycles. The quantitative estimate of drug-likeness (QED) is 0.827. The van der Waals surface area contributed by atoms with E-state index in [1.807, 2.05) is 0 Å². The van der Waals surface area contributed by atoms with Gasteiger partial charge in [-0.15, -0.1) is 0 Å². The zero-order valence-corrected chi connectivity index (χ0v) is 16.6. The fraction of sp³-hybridized carbons (Fsp3) is 0.350. The summed E-state index contributed by atoms with van der Waals surface area (Å²) in [5, 5.41) is 5.15. The number of amides is 4. The van der Waals surface area contributed by atoms with Crippen molar-refractivity contribution in [3.05, 3.63) is 54.1 Å². The van der Waals surface area contributed by atoms with E-state index in [1.54, 1.807) is 54.4 Å². The minimum absolute atomic E-state index is 0.0124. The summed E-state index contributed by atoms with van der Waals surface area (Å²) in [4.78, 5) is 33.5. The lowest BCUT2D eigenvalue weighted by Gasteiger charge is -2.36. The van der Waals surface area contributed by atoms with Crippen LogP contribution in [0, 0.1) is 5.82 Å². The second-order valence-corrected chi connectivity index (χ2v) is 7.04. The van der Waals surface area contributed by atoms with Gasteiger partial charge in [-0.25, -0.2) is 14.0 Å². The smallest absolute Gasteiger partial charge is 0.323 e. The zero-order valence-electron chi connectivity index (χ0n) is 16.6. The van der Waals surface area contributed by atoms with Crippen LogP contribution in [0.4, 0.5) is 25.4 Å². The molecule has 1 aliphatic rings. The molecule has 0 spiro atoms. The van der Waals surface area contributed by atoms with Crippen LogP contribution >= 0.6 is 0 Å². The van der Waals surface area contributed by atoms with E-state index in [1.165, 1.54) is 12.3 Å². The van der Waals surface area contributed by atoms with Crippen LogP contribution in [-0.2, 0) is 6.54 Å². The Labute approximate surface area is 169 Å². The molecule has 4 amide bonds. The number of hydrogen-bond donors (Lipinski definition) is 2. The number of carbonyl (C=O) groups excluding carboxylic acids is 2. The van der Waals surface area contributed by atoms with Crippen molar-refractivity contribution in [2.75, 3.05) is 50.9 Å². The van der Waals surface area contributed by atoms with E-state index >= 15 is 0 Å². The molecule has 1 aromatic heterocycles. The molecule has 9 heteroatoms. The Hall–Kier alpha value is -3.20. The van der Waals surface area contributed by atoms with Gasteiger partial charge in [0.05, 0.1) is 17.6 Å². The summed E-state index contributed by atoms with van der Waals surface area (Å²) < 4.78 is 14.9. The van der Waals surface area contributed by atoms with Gasteiger partial charge in [0.15, 0.2) is 5.82 Å². The average Bonchev–Trinajstić information content (AvgIpc) is 2.71. The summed E-state index contributed by atoms with van der Waals surface area (Å²) >= 11 is 0. The molecule has 154 valence electrons. The van der Waals surface area contributed by atoms with E-state index < -0.39 is 11.8 Å². The van der Waals surface area contributed by atoms with Crippen LogP contribution < -0.4 is 10.6 Å². The van der Waals surface area contributed by atoms with Crippen molar-refractivity contribution in [1.82, 2.24) is 19.7 Å². The van der Waals surface area contributed by atoms with Crippen molar-refractivity contribution in [3.8, 4) is 0 Å². The Balaban J connectivity index is 1.58. The highest BCUT2D eigenvalue weighted by Crippen LogP contribution is 2.20. The summed E-state index contributed by atoms with van der Waals surface area (Å²) in [6, 6.07) is 7.78. The lowest BCUT2D eigenvalue weighted by molar-refractivity contribution is 0.119. The SMILES string of the molecule is CN(C)C(=O)N1CCN(Cc2cccc(NC(=O)Nc3cccnc3)c2F)CC1. The summed E-state index contributed by atoms with van der Waals surface area (Å²) in [6.07, 6.45) is 3.11. The molecule has 0 saturated carbocycles. The molecule has 8 nitrogen and oxygen atoms in total. The van der Waals surface area contributed by atoms with E-state index in [2.05, 4.69) is 20.5 Å². The molecule has 0 aliphatic carbocycles. The van der Waals surface area contributed by atoms with E-state index in [9.17, 15) is 14.0 Å². The first-order valence-corrected chi connectivity index (χ1v) is 9.38. The second kappa shape index (κ2) is 9.33. The van der Waals surface area contributed by atoms with Gasteiger partial charge in [0.25, 0.3) is 0 Å². The first-order chi connectivity index (χ1) is 13.9. The van der Waals surface area contributed by atoms with Gasteiger partial charge in [0.1, 0.15) is 0 Å². The molecule has 0 atom stereocenters. The summed E-state index contributed by atoms with van der Waals surface area (Å²) in [7, 11) is 3.46. The van der Waals surface area contributed by atoms with Crippen molar-refractivity contribution < 1.29 is 14.0 Å². The first-order valence-electron chi connectivity index (χ1n) is 9.38. The van der Waals surface area contributed by atoms with Crippen LogP contribution in [0.15, 0.2) is 42.7 Å². The summed E-state index contributed by atoms with van der Waals surface area (Å²) in [6.45, 7) is 2.94. The molecule has 1 saturated heterocycles. The van der Waals surface area contributed by atoms with E-state index in [0.717, 1.165) is 0 Å². The summed E-state index contributed by atoms with van der Waals surface area (Å²) in [5.41, 5.74) is 1.13. The number of carbonyl (C=O) groups is 2. The number of aromatic nitrogens is 1. The van der Waals surface area contributed by atoms with Crippen molar-refractivity contribution in [2.24, 2.45) is 0 Å². The second-order valence-electron chi connectivity index (χ2n) is 7.04. The molecule has 2 heterocycles. The van der Waals surface area contributed by atoms with Gasteiger partial charge < -0.3 is 20.4 Å². The van der Waals surface area contributed by atoms with Crippen molar-refractivity contribution in [1.29, 1.82) is 0 Å². The lowest BCUT2D eigenvalue weighted by Crippen LogP contribution is -2.51. The van der Waals surface area contributed by atoms with Crippen LogP contribution in [0.1, 0.15) is 5.56 Å². The predicted molar refractivity (Wildman–Crippen MR) is 109 cm³/mol. The number of nitrogens with zero attached hydrogens (tertiary/aromatic N) is 4. The third-order valence-corrected chi connectivity index (χ3v) is 4.67. The molecule has 2 N–H and O–H groups in total. The Morgan fingerprint density at radius 3 is 2.52 bits per heavy atom. The molecule has 1 aliphatic heterocycles. The Morgan fingerprint density at radius 2 is 1.86 bits per heavy atom. The number of nitrogens with one attached hydrogen (secondary N) is 2. The minimum atomic E-state index is -0.537. The van der Waals surface area contributed by atoms with Crippen LogP contribution in [0.3, 0.4) is 0 Å². The topological polar surface area (TPSA) is 80.8 Å². The van der Waals surface area contributed by atoms with E-state index in [4.69, 9.17) is 0 Å². The van der Waals surface area contributed by atoms with Crippen molar-refractivity contribution >= 4 is 23.4 Å². The molecule has 29 heavy (non-hydrogen) atoms. The van der Waals surface area contributed by atoms with Gasteiger partial charge in [0, 0.05) is 58.6 Å².